The van der Waals surface area contributed by atoms with Crippen LogP contribution in [0.4, 0.5) is 13.2 Å². The van der Waals surface area contributed by atoms with Crippen LogP contribution in [-0.4, -0.2) is 22.1 Å². The summed E-state index contributed by atoms with van der Waals surface area (Å²) in [4.78, 5) is 3.78. The van der Waals surface area contributed by atoms with Crippen molar-refractivity contribution in [3.8, 4) is 6.07 Å². The fraction of sp³-hybridized carbons (Fsp3) is 0.625. The van der Waals surface area contributed by atoms with Crippen LogP contribution < -0.4 is 0 Å². The summed E-state index contributed by atoms with van der Waals surface area (Å²) < 4.78 is 40.3. The summed E-state index contributed by atoms with van der Waals surface area (Å²) >= 11 is 1.26. The zero-order valence-electron chi connectivity index (χ0n) is 8.12. The molecule has 0 aliphatic rings. The van der Waals surface area contributed by atoms with Crippen molar-refractivity contribution in [1.29, 1.82) is 5.26 Å². The van der Waals surface area contributed by atoms with Gasteiger partial charge in [0.2, 0.25) is 5.89 Å². The zero-order valence-corrected chi connectivity index (χ0v) is 8.94. The van der Waals surface area contributed by atoms with Gasteiger partial charge in [-0.1, -0.05) is 5.16 Å². The molecule has 16 heavy (non-hydrogen) atoms. The molecular weight excluding hydrogens is 243 g/mol. The average Bonchev–Trinajstić information content (AvgIpc) is 2.62. The number of halogens is 3. The Labute approximate surface area is 93.8 Å². The van der Waals surface area contributed by atoms with E-state index in [-0.39, 0.29) is 23.9 Å². The van der Waals surface area contributed by atoms with Crippen LogP contribution in [0.25, 0.3) is 0 Å². The minimum Gasteiger partial charge on any atom is -0.338 e. The van der Waals surface area contributed by atoms with Crippen molar-refractivity contribution in [1.82, 2.24) is 10.1 Å². The third-order valence-corrected chi connectivity index (χ3v) is 2.32. The predicted molar refractivity (Wildman–Crippen MR) is 50.4 cm³/mol. The first-order chi connectivity index (χ1) is 7.51. The second-order valence-electron chi connectivity index (χ2n) is 2.87. The fourth-order valence-corrected chi connectivity index (χ4v) is 1.37. The molecule has 0 spiro atoms. The maximum atomic E-state index is 11.9. The standard InChI is InChI=1S/C8H8F3N3OS/c9-8(10,11)2-1-6-13-7(15-14-6)5-16-4-3-12/h1-2,4-5H2. The second-order valence-corrected chi connectivity index (χ2v) is 3.86. The van der Waals surface area contributed by atoms with E-state index in [2.05, 4.69) is 10.1 Å². The van der Waals surface area contributed by atoms with E-state index in [4.69, 9.17) is 9.78 Å². The summed E-state index contributed by atoms with van der Waals surface area (Å²) in [6.45, 7) is 0. The normalized spacial score (nSPS) is 11.4. The number of alkyl halides is 3. The lowest BCUT2D eigenvalue weighted by molar-refractivity contribution is -0.134. The van der Waals surface area contributed by atoms with Gasteiger partial charge < -0.3 is 4.52 Å². The molecule has 4 nitrogen and oxygen atoms in total. The minimum absolute atomic E-state index is 0.0462. The van der Waals surface area contributed by atoms with Gasteiger partial charge in [-0.05, 0) is 0 Å². The maximum Gasteiger partial charge on any atom is 0.389 e. The van der Waals surface area contributed by atoms with E-state index >= 15 is 0 Å². The Morgan fingerprint density at radius 2 is 2.19 bits per heavy atom. The molecule has 1 aromatic heterocycles. The third kappa shape index (κ3) is 5.02. The molecule has 0 unspecified atom stereocenters. The summed E-state index contributed by atoms with van der Waals surface area (Å²) in [6, 6.07) is 1.91. The number of hydrogen-bond acceptors (Lipinski definition) is 5. The summed E-state index contributed by atoms with van der Waals surface area (Å²) in [5.41, 5.74) is 0. The van der Waals surface area contributed by atoms with E-state index in [1.54, 1.807) is 0 Å². The monoisotopic (exact) mass is 251 g/mol. The molecular formula is C8H8F3N3OS. The smallest absolute Gasteiger partial charge is 0.338 e. The number of thioether (sulfide) groups is 1. The van der Waals surface area contributed by atoms with E-state index in [1.165, 1.54) is 11.8 Å². The van der Waals surface area contributed by atoms with Gasteiger partial charge in [0.1, 0.15) is 0 Å². The quantitative estimate of drug-likeness (QED) is 0.751. The van der Waals surface area contributed by atoms with Gasteiger partial charge in [0.25, 0.3) is 0 Å². The van der Waals surface area contributed by atoms with Gasteiger partial charge in [0.15, 0.2) is 5.82 Å². The lowest BCUT2D eigenvalue weighted by Gasteiger charge is -2.01. The maximum absolute atomic E-state index is 11.9. The Morgan fingerprint density at radius 3 is 2.81 bits per heavy atom. The first kappa shape index (κ1) is 12.8. The van der Waals surface area contributed by atoms with Crippen LogP contribution in [0.15, 0.2) is 4.52 Å². The Bertz CT molecular complexity index is 371. The van der Waals surface area contributed by atoms with Crippen molar-refractivity contribution in [3.63, 3.8) is 0 Å². The largest absolute Gasteiger partial charge is 0.389 e. The summed E-state index contributed by atoms with van der Waals surface area (Å²) in [6.07, 6.45) is -5.45. The molecule has 1 aromatic rings. The molecule has 0 atom stereocenters. The fourth-order valence-electron chi connectivity index (χ4n) is 0.888. The number of aryl methyl sites for hydroxylation is 1. The topological polar surface area (TPSA) is 62.7 Å². The van der Waals surface area contributed by atoms with Gasteiger partial charge >= 0.3 is 6.18 Å². The van der Waals surface area contributed by atoms with Crippen LogP contribution in [0.2, 0.25) is 0 Å². The van der Waals surface area contributed by atoms with Gasteiger partial charge in [-0.2, -0.15) is 23.4 Å². The molecule has 0 aliphatic heterocycles. The molecule has 0 fully saturated rings. The number of hydrogen-bond donors (Lipinski definition) is 0. The number of nitriles is 1. The highest BCUT2D eigenvalue weighted by atomic mass is 32.2. The first-order valence-electron chi connectivity index (χ1n) is 4.34. The van der Waals surface area contributed by atoms with Crippen LogP contribution in [0.3, 0.4) is 0 Å². The van der Waals surface area contributed by atoms with Gasteiger partial charge in [-0.15, -0.1) is 11.8 Å². The number of rotatable bonds is 5. The lowest BCUT2D eigenvalue weighted by Crippen LogP contribution is -2.09. The Morgan fingerprint density at radius 1 is 1.44 bits per heavy atom. The third-order valence-electron chi connectivity index (χ3n) is 1.53. The highest BCUT2D eigenvalue weighted by Gasteiger charge is 2.27. The van der Waals surface area contributed by atoms with E-state index in [9.17, 15) is 13.2 Å². The van der Waals surface area contributed by atoms with E-state index in [0.717, 1.165) is 0 Å². The van der Waals surface area contributed by atoms with Crippen LogP contribution >= 0.6 is 11.8 Å². The molecule has 0 aliphatic carbocycles. The lowest BCUT2D eigenvalue weighted by atomic mass is 10.3. The molecule has 88 valence electrons. The minimum atomic E-state index is -4.21. The summed E-state index contributed by atoms with van der Waals surface area (Å²) in [5.74, 6) is 0.912. The summed E-state index contributed by atoms with van der Waals surface area (Å²) in [5, 5.41) is 11.7. The Balaban J connectivity index is 2.37. The molecule has 1 rings (SSSR count). The molecule has 8 heteroatoms. The van der Waals surface area contributed by atoms with E-state index in [1.807, 2.05) is 6.07 Å². The van der Waals surface area contributed by atoms with Crippen molar-refractivity contribution in [2.45, 2.75) is 24.8 Å². The zero-order chi connectivity index (χ0) is 12.0. The molecule has 0 saturated heterocycles. The molecule has 0 radical (unpaired) electrons. The molecule has 0 bridgehead atoms. The first-order valence-corrected chi connectivity index (χ1v) is 5.49. The van der Waals surface area contributed by atoms with E-state index < -0.39 is 12.6 Å². The summed E-state index contributed by atoms with van der Waals surface area (Å²) in [7, 11) is 0. The van der Waals surface area contributed by atoms with Gasteiger partial charge in [0.05, 0.1) is 24.0 Å². The molecule has 0 amide bonds. The average molecular weight is 251 g/mol. The highest BCUT2D eigenvalue weighted by Crippen LogP contribution is 2.21. The van der Waals surface area contributed by atoms with Crippen molar-refractivity contribution in [2.24, 2.45) is 0 Å². The SMILES string of the molecule is N#CCSCc1nc(CCC(F)(F)F)no1. The molecule has 0 N–H and O–H groups in total. The Kier molecular flexibility index (Phi) is 4.61. The Hall–Kier alpha value is -1.23. The number of aromatic nitrogens is 2. The molecule has 0 saturated carbocycles. The molecule has 0 aromatic carbocycles. The molecule has 1 heterocycles. The van der Waals surface area contributed by atoms with Gasteiger partial charge in [-0.3, -0.25) is 0 Å². The van der Waals surface area contributed by atoms with Crippen LogP contribution in [0, 0.1) is 11.3 Å². The van der Waals surface area contributed by atoms with Crippen molar-refractivity contribution >= 4 is 11.8 Å². The van der Waals surface area contributed by atoms with Gasteiger partial charge in [0, 0.05) is 6.42 Å². The van der Waals surface area contributed by atoms with Crippen LogP contribution in [0.1, 0.15) is 18.1 Å². The second kappa shape index (κ2) is 5.75. The number of nitrogens with zero attached hydrogens (tertiary/aromatic N) is 3. The van der Waals surface area contributed by atoms with E-state index in [0.29, 0.717) is 5.75 Å². The van der Waals surface area contributed by atoms with Crippen LogP contribution in [-0.2, 0) is 12.2 Å². The van der Waals surface area contributed by atoms with Crippen molar-refractivity contribution in [2.75, 3.05) is 5.75 Å². The highest BCUT2D eigenvalue weighted by molar-refractivity contribution is 7.98. The van der Waals surface area contributed by atoms with Crippen LogP contribution in [0.5, 0.6) is 0 Å². The van der Waals surface area contributed by atoms with Crippen molar-refractivity contribution in [3.05, 3.63) is 11.7 Å². The van der Waals surface area contributed by atoms with Gasteiger partial charge in [-0.25, -0.2) is 0 Å². The van der Waals surface area contributed by atoms with Crippen molar-refractivity contribution < 1.29 is 17.7 Å². The predicted octanol–water partition coefficient (Wildman–Crippen LogP) is 2.32.